The number of rotatable bonds is 5. The number of likely N-dealkylation sites (tertiary alicyclic amines) is 1. The summed E-state index contributed by atoms with van der Waals surface area (Å²) in [7, 11) is 0. The largest absolute Gasteiger partial charge is 0.454 e. The third-order valence-electron chi connectivity index (χ3n) is 5.49. The third kappa shape index (κ3) is 3.57. The highest BCUT2D eigenvalue weighted by Crippen LogP contribution is 2.35. The van der Waals surface area contributed by atoms with Crippen molar-refractivity contribution < 1.29 is 14.0 Å². The van der Waals surface area contributed by atoms with Crippen LogP contribution < -0.4 is 9.47 Å². The highest BCUT2D eigenvalue weighted by molar-refractivity contribution is 5.61. The van der Waals surface area contributed by atoms with Gasteiger partial charge in [-0.2, -0.15) is 4.98 Å². The molecule has 0 N–H and O–H groups in total. The van der Waals surface area contributed by atoms with E-state index in [-0.39, 0.29) is 6.79 Å². The Morgan fingerprint density at radius 1 is 1.21 bits per heavy atom. The summed E-state index contributed by atoms with van der Waals surface area (Å²) < 4.78 is 18.5. The second kappa shape index (κ2) is 7.47. The predicted molar refractivity (Wildman–Crippen MR) is 104 cm³/mol. The predicted octanol–water partition coefficient (Wildman–Crippen LogP) is 3.02. The zero-order valence-corrected chi connectivity index (χ0v) is 16.6. The first-order chi connectivity index (χ1) is 14.2. The number of aromatic nitrogens is 5. The van der Waals surface area contributed by atoms with Crippen molar-refractivity contribution >= 4 is 0 Å². The van der Waals surface area contributed by atoms with E-state index >= 15 is 0 Å². The first kappa shape index (κ1) is 18.1. The molecule has 0 unspecified atom stereocenters. The van der Waals surface area contributed by atoms with Crippen LogP contribution in [0.15, 0.2) is 29.0 Å². The van der Waals surface area contributed by atoms with E-state index in [1.54, 1.807) is 0 Å². The van der Waals surface area contributed by atoms with Crippen molar-refractivity contribution in [1.29, 1.82) is 0 Å². The summed E-state index contributed by atoms with van der Waals surface area (Å²) in [5, 5.41) is 12.7. The molecule has 1 aromatic carbocycles. The zero-order valence-electron chi connectivity index (χ0n) is 16.6. The molecule has 1 fully saturated rings. The standard InChI is InChI=1S/C20H24N6O3/c1-13(2)26-11-21-23-20(26)15-4-3-7-25(9-15)10-18-22-19(24-29-18)14-5-6-16-17(8-14)28-12-27-16/h5-6,8,11,13,15H,3-4,7,9-10,12H2,1-2H3/t15-/m0/s1. The Kier molecular flexibility index (Phi) is 4.67. The number of ether oxygens (including phenoxy) is 2. The smallest absolute Gasteiger partial charge is 0.241 e. The maximum atomic E-state index is 5.52. The molecule has 2 aliphatic heterocycles. The van der Waals surface area contributed by atoms with Crippen LogP contribution in [0, 0.1) is 0 Å². The summed E-state index contributed by atoms with van der Waals surface area (Å²) >= 11 is 0. The highest BCUT2D eigenvalue weighted by atomic mass is 16.7. The van der Waals surface area contributed by atoms with Gasteiger partial charge in [0.1, 0.15) is 12.2 Å². The number of benzene rings is 1. The molecule has 0 bridgehead atoms. The molecule has 3 aromatic rings. The van der Waals surface area contributed by atoms with E-state index in [9.17, 15) is 0 Å². The molecule has 1 saturated heterocycles. The average molecular weight is 396 g/mol. The van der Waals surface area contributed by atoms with Crippen LogP contribution >= 0.6 is 0 Å². The quantitative estimate of drug-likeness (QED) is 0.650. The zero-order chi connectivity index (χ0) is 19.8. The number of piperidine rings is 1. The average Bonchev–Trinajstić information content (AvgIpc) is 3.47. The maximum absolute atomic E-state index is 5.52. The summed E-state index contributed by atoms with van der Waals surface area (Å²) in [5.74, 6) is 4.06. The fourth-order valence-electron chi connectivity index (χ4n) is 4.01. The first-order valence-corrected chi connectivity index (χ1v) is 10.0. The van der Waals surface area contributed by atoms with Crippen LogP contribution in [0.3, 0.4) is 0 Å². The molecular formula is C20H24N6O3. The lowest BCUT2D eigenvalue weighted by atomic mass is 9.97. The lowest BCUT2D eigenvalue weighted by Gasteiger charge is -2.31. The van der Waals surface area contributed by atoms with Gasteiger partial charge in [-0.15, -0.1) is 10.2 Å². The highest BCUT2D eigenvalue weighted by Gasteiger charge is 2.27. The SMILES string of the molecule is CC(C)n1cnnc1[C@H]1CCCN(Cc2nc(-c3ccc4c(c3)OCO4)no2)C1. The molecule has 0 saturated carbocycles. The topological polar surface area (TPSA) is 91.3 Å². The van der Waals surface area contributed by atoms with Crippen molar-refractivity contribution in [3.63, 3.8) is 0 Å². The van der Waals surface area contributed by atoms with Gasteiger partial charge in [-0.3, -0.25) is 4.90 Å². The van der Waals surface area contributed by atoms with E-state index in [1.165, 1.54) is 0 Å². The van der Waals surface area contributed by atoms with Gasteiger partial charge in [-0.05, 0) is 51.4 Å². The minimum Gasteiger partial charge on any atom is -0.454 e. The summed E-state index contributed by atoms with van der Waals surface area (Å²) in [6.45, 7) is 7.11. The molecule has 1 atom stereocenters. The summed E-state index contributed by atoms with van der Waals surface area (Å²) in [6, 6.07) is 6.02. The number of nitrogens with zero attached hydrogens (tertiary/aromatic N) is 6. The molecule has 2 aliphatic rings. The van der Waals surface area contributed by atoms with Crippen LogP contribution in [-0.4, -0.2) is 49.7 Å². The Morgan fingerprint density at radius 2 is 2.10 bits per heavy atom. The van der Waals surface area contributed by atoms with E-state index < -0.39 is 0 Å². The van der Waals surface area contributed by atoms with Gasteiger partial charge in [0.25, 0.3) is 0 Å². The van der Waals surface area contributed by atoms with Crippen LogP contribution in [0.2, 0.25) is 0 Å². The van der Waals surface area contributed by atoms with E-state index in [0.717, 1.165) is 43.1 Å². The number of hydrogen-bond acceptors (Lipinski definition) is 8. The monoisotopic (exact) mass is 396 g/mol. The lowest BCUT2D eigenvalue weighted by Crippen LogP contribution is -2.35. The van der Waals surface area contributed by atoms with Gasteiger partial charge in [0, 0.05) is 24.1 Å². The molecule has 9 heteroatoms. The van der Waals surface area contributed by atoms with Crippen molar-refractivity contribution in [2.75, 3.05) is 19.9 Å². The van der Waals surface area contributed by atoms with E-state index in [2.05, 4.69) is 43.7 Å². The van der Waals surface area contributed by atoms with Gasteiger partial charge < -0.3 is 18.6 Å². The van der Waals surface area contributed by atoms with Gasteiger partial charge in [-0.1, -0.05) is 5.16 Å². The Morgan fingerprint density at radius 3 is 3.00 bits per heavy atom. The first-order valence-electron chi connectivity index (χ1n) is 10.0. The Balaban J connectivity index is 1.28. The van der Waals surface area contributed by atoms with Crippen molar-refractivity contribution in [3.05, 3.63) is 36.2 Å². The van der Waals surface area contributed by atoms with E-state index in [1.807, 2.05) is 24.5 Å². The van der Waals surface area contributed by atoms with Crippen molar-refractivity contribution in [2.24, 2.45) is 0 Å². The molecule has 4 heterocycles. The van der Waals surface area contributed by atoms with E-state index in [0.29, 0.717) is 36.0 Å². The molecule has 0 radical (unpaired) electrons. The van der Waals surface area contributed by atoms with Gasteiger partial charge in [0.15, 0.2) is 11.5 Å². The Hall–Kier alpha value is -2.94. The molecule has 0 amide bonds. The minimum atomic E-state index is 0.247. The molecule has 0 aliphatic carbocycles. The second-order valence-corrected chi connectivity index (χ2v) is 7.84. The summed E-state index contributed by atoms with van der Waals surface area (Å²) in [6.07, 6.45) is 4.06. The van der Waals surface area contributed by atoms with Crippen LogP contribution in [0.25, 0.3) is 11.4 Å². The summed E-state index contributed by atoms with van der Waals surface area (Å²) in [5.41, 5.74) is 0.853. The molecule has 0 spiro atoms. The van der Waals surface area contributed by atoms with Crippen LogP contribution in [0.1, 0.15) is 50.4 Å². The number of hydrogen-bond donors (Lipinski definition) is 0. The molecule has 152 valence electrons. The van der Waals surface area contributed by atoms with Crippen LogP contribution in [0.4, 0.5) is 0 Å². The molecule has 29 heavy (non-hydrogen) atoms. The molecule has 2 aromatic heterocycles. The fraction of sp³-hybridized carbons (Fsp3) is 0.500. The molecule has 9 nitrogen and oxygen atoms in total. The van der Waals surface area contributed by atoms with Crippen molar-refractivity contribution in [2.45, 2.75) is 45.2 Å². The normalized spacial score (nSPS) is 19.2. The molecule has 5 rings (SSSR count). The van der Waals surface area contributed by atoms with Gasteiger partial charge in [-0.25, -0.2) is 0 Å². The lowest BCUT2D eigenvalue weighted by molar-refractivity contribution is 0.172. The Bertz CT molecular complexity index is 998. The third-order valence-corrected chi connectivity index (χ3v) is 5.49. The fourth-order valence-corrected chi connectivity index (χ4v) is 4.01. The minimum absolute atomic E-state index is 0.247. The second-order valence-electron chi connectivity index (χ2n) is 7.84. The van der Waals surface area contributed by atoms with Crippen molar-refractivity contribution in [1.82, 2.24) is 29.8 Å². The maximum Gasteiger partial charge on any atom is 0.241 e. The molecular weight excluding hydrogens is 372 g/mol. The van der Waals surface area contributed by atoms with Crippen molar-refractivity contribution in [3.8, 4) is 22.9 Å². The van der Waals surface area contributed by atoms with Gasteiger partial charge in [0.2, 0.25) is 18.5 Å². The van der Waals surface area contributed by atoms with E-state index in [4.69, 9.17) is 14.0 Å². The Labute approximate surface area is 168 Å². The summed E-state index contributed by atoms with van der Waals surface area (Å²) in [4.78, 5) is 6.94. The van der Waals surface area contributed by atoms with Crippen LogP contribution in [0.5, 0.6) is 11.5 Å². The van der Waals surface area contributed by atoms with Crippen LogP contribution in [-0.2, 0) is 6.54 Å². The van der Waals surface area contributed by atoms with Gasteiger partial charge >= 0.3 is 0 Å². The van der Waals surface area contributed by atoms with Gasteiger partial charge in [0.05, 0.1) is 6.54 Å². The number of fused-ring (bicyclic) bond motifs is 1.